The SMILES string of the molecule is Cc1c(C(=O)N(C)c2ccc(OCc3ccccc3)cc2)cc(-c2ccc(CNC(=O)O)cc2C(=O)N2Cc3ccccc3C[C@H]2C)n1C. The molecule has 0 spiro atoms. The highest BCUT2D eigenvalue weighted by Crippen LogP contribution is 2.33. The van der Waals surface area contributed by atoms with Gasteiger partial charge in [-0.2, -0.15) is 0 Å². The molecule has 1 aliphatic heterocycles. The standard InChI is InChI=1S/C40H40N4O5/c1-26-20-30-12-8-9-13-31(30)24-44(26)39(46)36-21-29(23-41-40(47)48)14-19-34(36)37-22-35(27(2)42(37)3)38(45)43(4)32-15-17-33(18-16-32)49-25-28-10-6-5-7-11-28/h5-19,21-22,26,41H,20,23-25H2,1-4H3,(H,47,48)/t26-/m1/s1. The molecule has 9 heteroatoms. The zero-order chi connectivity index (χ0) is 34.7. The molecule has 0 unspecified atom stereocenters. The number of carboxylic acid groups (broad SMARTS) is 1. The van der Waals surface area contributed by atoms with Gasteiger partial charge in [0, 0.05) is 61.4 Å². The molecule has 3 amide bonds. The van der Waals surface area contributed by atoms with E-state index in [2.05, 4.69) is 17.4 Å². The molecule has 0 radical (unpaired) electrons. The molecule has 5 aromatic rings. The van der Waals surface area contributed by atoms with Gasteiger partial charge >= 0.3 is 6.09 Å². The van der Waals surface area contributed by atoms with Crippen molar-refractivity contribution in [2.45, 2.75) is 46.0 Å². The summed E-state index contributed by atoms with van der Waals surface area (Å²) >= 11 is 0. The first-order valence-corrected chi connectivity index (χ1v) is 16.3. The first-order chi connectivity index (χ1) is 23.6. The van der Waals surface area contributed by atoms with Crippen LogP contribution >= 0.6 is 0 Å². The molecule has 250 valence electrons. The van der Waals surface area contributed by atoms with Crippen molar-refractivity contribution >= 4 is 23.6 Å². The predicted octanol–water partition coefficient (Wildman–Crippen LogP) is 7.21. The minimum Gasteiger partial charge on any atom is -0.489 e. The molecule has 2 N–H and O–H groups in total. The fourth-order valence-corrected chi connectivity index (χ4v) is 6.36. The van der Waals surface area contributed by atoms with Crippen LogP contribution < -0.4 is 15.0 Å². The number of anilines is 1. The second-order valence-electron chi connectivity index (χ2n) is 12.5. The normalized spacial score (nSPS) is 13.8. The van der Waals surface area contributed by atoms with Crippen LogP contribution in [-0.4, -0.2) is 45.6 Å². The minimum absolute atomic E-state index is 0.0351. The fraction of sp³-hybridized carbons (Fsp3) is 0.225. The Hall–Kier alpha value is -5.83. The van der Waals surface area contributed by atoms with Gasteiger partial charge in [0.25, 0.3) is 11.8 Å². The van der Waals surface area contributed by atoms with Gasteiger partial charge in [-0.1, -0.05) is 66.7 Å². The summed E-state index contributed by atoms with van der Waals surface area (Å²) in [6.07, 6.45) is -0.399. The van der Waals surface area contributed by atoms with Crippen LogP contribution in [0.3, 0.4) is 0 Å². The number of ether oxygens (including phenoxy) is 1. The molecule has 2 heterocycles. The average molecular weight is 657 g/mol. The number of carbonyl (C=O) groups is 3. The lowest BCUT2D eigenvalue weighted by atomic mass is 9.93. The number of rotatable bonds is 9. The summed E-state index contributed by atoms with van der Waals surface area (Å²) in [4.78, 5) is 43.1. The highest BCUT2D eigenvalue weighted by molar-refractivity contribution is 6.08. The van der Waals surface area contributed by atoms with Crippen LogP contribution in [-0.2, 0) is 33.2 Å². The number of nitrogens with one attached hydrogen (secondary N) is 1. The fourth-order valence-electron chi connectivity index (χ4n) is 6.36. The van der Waals surface area contributed by atoms with Crippen molar-refractivity contribution in [3.8, 4) is 17.0 Å². The van der Waals surface area contributed by atoms with Gasteiger partial charge in [-0.05, 0) is 78.9 Å². The highest BCUT2D eigenvalue weighted by Gasteiger charge is 2.30. The number of carbonyl (C=O) groups excluding carboxylic acids is 2. The monoisotopic (exact) mass is 656 g/mol. The maximum Gasteiger partial charge on any atom is 0.404 e. The topological polar surface area (TPSA) is 104 Å². The third-order valence-electron chi connectivity index (χ3n) is 9.34. The van der Waals surface area contributed by atoms with E-state index in [1.165, 1.54) is 5.56 Å². The number of amides is 3. The first-order valence-electron chi connectivity index (χ1n) is 16.3. The summed E-state index contributed by atoms with van der Waals surface area (Å²) in [7, 11) is 3.62. The molecule has 0 fully saturated rings. The van der Waals surface area contributed by atoms with E-state index in [0.717, 1.165) is 23.2 Å². The van der Waals surface area contributed by atoms with Crippen LogP contribution in [0.25, 0.3) is 11.3 Å². The van der Waals surface area contributed by atoms with Crippen molar-refractivity contribution in [2.75, 3.05) is 11.9 Å². The molecule has 1 atom stereocenters. The lowest BCUT2D eigenvalue weighted by molar-refractivity contribution is 0.0658. The van der Waals surface area contributed by atoms with Gasteiger partial charge in [-0.25, -0.2) is 4.79 Å². The molecule has 0 bridgehead atoms. The van der Waals surface area contributed by atoms with E-state index >= 15 is 0 Å². The van der Waals surface area contributed by atoms with E-state index in [9.17, 15) is 19.5 Å². The van der Waals surface area contributed by atoms with E-state index in [4.69, 9.17) is 4.74 Å². The third-order valence-corrected chi connectivity index (χ3v) is 9.34. The summed E-state index contributed by atoms with van der Waals surface area (Å²) in [5.74, 6) is 0.374. The van der Waals surface area contributed by atoms with E-state index in [1.54, 1.807) is 18.0 Å². The second kappa shape index (κ2) is 14.1. The van der Waals surface area contributed by atoms with Crippen LogP contribution in [0.15, 0.2) is 103 Å². The summed E-state index contributed by atoms with van der Waals surface area (Å²) in [5.41, 5.74) is 7.90. The Labute approximate surface area is 286 Å². The number of aromatic nitrogens is 1. The quantitative estimate of drug-likeness (QED) is 0.175. The van der Waals surface area contributed by atoms with Crippen molar-refractivity contribution in [2.24, 2.45) is 7.05 Å². The summed E-state index contributed by atoms with van der Waals surface area (Å²) in [6, 6.07) is 32.7. The Bertz CT molecular complexity index is 2000. The Balaban J connectivity index is 1.28. The van der Waals surface area contributed by atoms with E-state index < -0.39 is 6.09 Å². The zero-order valence-corrected chi connectivity index (χ0v) is 28.1. The largest absolute Gasteiger partial charge is 0.489 e. The van der Waals surface area contributed by atoms with Gasteiger partial charge in [0.05, 0.1) is 5.56 Å². The van der Waals surface area contributed by atoms with Crippen molar-refractivity contribution in [1.82, 2.24) is 14.8 Å². The maximum atomic E-state index is 14.4. The molecule has 1 aromatic heterocycles. The van der Waals surface area contributed by atoms with Gasteiger partial charge in [0.2, 0.25) is 0 Å². The Morgan fingerprint density at radius 3 is 2.29 bits per heavy atom. The molecular weight excluding hydrogens is 616 g/mol. The van der Waals surface area contributed by atoms with Crippen LogP contribution in [0.4, 0.5) is 10.5 Å². The van der Waals surface area contributed by atoms with Gasteiger partial charge < -0.3 is 29.5 Å². The second-order valence-corrected chi connectivity index (χ2v) is 12.5. The van der Waals surface area contributed by atoms with Crippen LogP contribution in [0.5, 0.6) is 5.75 Å². The summed E-state index contributed by atoms with van der Waals surface area (Å²) in [6.45, 7) is 4.92. The Morgan fingerprint density at radius 2 is 1.57 bits per heavy atom. The van der Waals surface area contributed by atoms with E-state index in [0.29, 0.717) is 52.5 Å². The van der Waals surface area contributed by atoms with Crippen LogP contribution in [0.2, 0.25) is 0 Å². The smallest absolute Gasteiger partial charge is 0.404 e. The molecule has 1 aliphatic rings. The summed E-state index contributed by atoms with van der Waals surface area (Å²) in [5, 5.41) is 11.6. The number of fused-ring (bicyclic) bond motifs is 1. The van der Waals surface area contributed by atoms with Crippen molar-refractivity contribution in [3.05, 3.63) is 142 Å². The first kappa shape index (κ1) is 33.1. The van der Waals surface area contributed by atoms with Gasteiger partial charge in [0.15, 0.2) is 0 Å². The molecule has 49 heavy (non-hydrogen) atoms. The van der Waals surface area contributed by atoms with Gasteiger partial charge in [-0.3, -0.25) is 9.59 Å². The lowest BCUT2D eigenvalue weighted by Gasteiger charge is -2.35. The van der Waals surface area contributed by atoms with Gasteiger partial charge in [0.1, 0.15) is 12.4 Å². The number of benzene rings is 4. The Kier molecular flexibility index (Phi) is 9.53. The van der Waals surface area contributed by atoms with Gasteiger partial charge in [-0.15, -0.1) is 0 Å². The minimum atomic E-state index is -1.14. The predicted molar refractivity (Wildman–Crippen MR) is 190 cm³/mol. The number of hydrogen-bond donors (Lipinski definition) is 2. The summed E-state index contributed by atoms with van der Waals surface area (Å²) < 4.78 is 7.85. The molecule has 0 aliphatic carbocycles. The number of hydrogen-bond acceptors (Lipinski definition) is 4. The molecule has 4 aromatic carbocycles. The molecule has 6 rings (SSSR count). The lowest BCUT2D eigenvalue weighted by Crippen LogP contribution is -2.42. The van der Waals surface area contributed by atoms with E-state index in [-0.39, 0.29) is 24.4 Å². The third kappa shape index (κ3) is 7.06. The highest BCUT2D eigenvalue weighted by atomic mass is 16.5. The molecule has 0 saturated heterocycles. The molecular formula is C40H40N4O5. The van der Waals surface area contributed by atoms with Crippen molar-refractivity contribution < 1.29 is 24.2 Å². The molecule has 9 nitrogen and oxygen atoms in total. The van der Waals surface area contributed by atoms with E-state index in [1.807, 2.05) is 115 Å². The zero-order valence-electron chi connectivity index (χ0n) is 28.1. The number of nitrogens with zero attached hydrogens (tertiary/aromatic N) is 3. The maximum absolute atomic E-state index is 14.4. The van der Waals surface area contributed by atoms with Crippen LogP contribution in [0, 0.1) is 6.92 Å². The van der Waals surface area contributed by atoms with Crippen molar-refractivity contribution in [1.29, 1.82) is 0 Å². The van der Waals surface area contributed by atoms with Crippen LogP contribution in [0.1, 0.15) is 55.6 Å². The average Bonchev–Trinajstić information content (AvgIpc) is 3.42. The molecule has 0 saturated carbocycles. The van der Waals surface area contributed by atoms with Crippen molar-refractivity contribution in [3.63, 3.8) is 0 Å². The Morgan fingerprint density at radius 1 is 0.878 bits per heavy atom.